The van der Waals surface area contributed by atoms with E-state index in [0.29, 0.717) is 0 Å². The number of hydrogen-bond acceptors (Lipinski definition) is 3. The van der Waals surface area contributed by atoms with E-state index in [1.54, 1.807) is 6.08 Å². The van der Waals surface area contributed by atoms with Crippen molar-refractivity contribution in [1.82, 2.24) is 0 Å². The van der Waals surface area contributed by atoms with Gasteiger partial charge in [-0.25, -0.2) is 4.79 Å². The van der Waals surface area contributed by atoms with Crippen LogP contribution in [-0.2, 0) is 9.53 Å². The number of ether oxygens (including phenoxy) is 2. The number of rotatable bonds is 5. The molecule has 0 fully saturated rings. The largest absolute Gasteiger partial charge is 0.490 e. The van der Waals surface area contributed by atoms with Crippen molar-refractivity contribution < 1.29 is 14.3 Å². The molecule has 0 aliphatic carbocycles. The fraction of sp³-hybridized carbons (Fsp3) is 0.471. The Morgan fingerprint density at radius 2 is 1.95 bits per heavy atom. The molecule has 1 unspecified atom stereocenters. The monoisotopic (exact) mass is 276 g/mol. The first-order valence-electron chi connectivity index (χ1n) is 6.98. The van der Waals surface area contributed by atoms with Crippen LogP contribution >= 0.6 is 0 Å². The molecule has 0 saturated heterocycles. The molecule has 3 heteroatoms. The van der Waals surface area contributed by atoms with Crippen LogP contribution in [0.15, 0.2) is 30.3 Å². The molecule has 3 nitrogen and oxygen atoms in total. The minimum atomic E-state index is -0.478. The normalized spacial score (nSPS) is 13.2. The summed E-state index contributed by atoms with van der Waals surface area (Å²) in [4.78, 5) is 11.7. The SMILES string of the molecule is CCC(C)Oc1ccccc1/C=C/C(=O)OC(C)(C)C. The van der Waals surface area contributed by atoms with Crippen molar-refractivity contribution in [2.24, 2.45) is 0 Å². The van der Waals surface area contributed by atoms with E-state index in [0.717, 1.165) is 17.7 Å². The van der Waals surface area contributed by atoms with E-state index in [2.05, 4.69) is 6.92 Å². The molecular formula is C17H24O3. The molecule has 1 rings (SSSR count). The van der Waals surface area contributed by atoms with E-state index in [4.69, 9.17) is 9.47 Å². The number of carbonyl (C=O) groups excluding carboxylic acids is 1. The van der Waals surface area contributed by atoms with Gasteiger partial charge in [0.1, 0.15) is 11.4 Å². The maximum absolute atomic E-state index is 11.7. The van der Waals surface area contributed by atoms with Gasteiger partial charge in [-0.05, 0) is 46.3 Å². The highest BCUT2D eigenvalue weighted by atomic mass is 16.6. The molecule has 0 spiro atoms. The molecule has 0 amide bonds. The molecule has 0 heterocycles. The highest BCUT2D eigenvalue weighted by Gasteiger charge is 2.14. The summed E-state index contributed by atoms with van der Waals surface area (Å²) in [6.07, 6.45) is 4.24. The van der Waals surface area contributed by atoms with Crippen LogP contribution < -0.4 is 4.74 Å². The average Bonchev–Trinajstić information content (AvgIpc) is 2.35. The number of esters is 1. The van der Waals surface area contributed by atoms with Gasteiger partial charge in [-0.3, -0.25) is 0 Å². The first-order chi connectivity index (χ1) is 9.31. The van der Waals surface area contributed by atoms with Gasteiger partial charge in [0.05, 0.1) is 6.10 Å². The van der Waals surface area contributed by atoms with E-state index >= 15 is 0 Å². The summed E-state index contributed by atoms with van der Waals surface area (Å²) < 4.78 is 11.1. The lowest BCUT2D eigenvalue weighted by Gasteiger charge is -2.18. The average molecular weight is 276 g/mol. The fourth-order valence-corrected chi connectivity index (χ4v) is 1.52. The molecule has 0 saturated carbocycles. The van der Waals surface area contributed by atoms with Gasteiger partial charge in [-0.1, -0.05) is 25.1 Å². The van der Waals surface area contributed by atoms with Gasteiger partial charge in [0.15, 0.2) is 0 Å². The van der Waals surface area contributed by atoms with Crippen LogP contribution in [0.25, 0.3) is 6.08 Å². The zero-order valence-electron chi connectivity index (χ0n) is 13.0. The van der Waals surface area contributed by atoms with Crippen molar-refractivity contribution in [3.63, 3.8) is 0 Å². The van der Waals surface area contributed by atoms with Crippen molar-refractivity contribution in [3.8, 4) is 5.75 Å². The molecule has 0 bridgehead atoms. The van der Waals surface area contributed by atoms with Crippen LogP contribution in [0.1, 0.15) is 46.6 Å². The second-order valence-electron chi connectivity index (χ2n) is 5.74. The first-order valence-corrected chi connectivity index (χ1v) is 6.98. The highest BCUT2D eigenvalue weighted by molar-refractivity contribution is 5.87. The van der Waals surface area contributed by atoms with Crippen molar-refractivity contribution >= 4 is 12.0 Å². The predicted molar refractivity (Wildman–Crippen MR) is 81.7 cm³/mol. The first kappa shape index (κ1) is 16.3. The third kappa shape index (κ3) is 5.91. The summed E-state index contributed by atoms with van der Waals surface area (Å²) in [5.41, 5.74) is 0.396. The van der Waals surface area contributed by atoms with Crippen LogP contribution in [0.2, 0.25) is 0 Å². The number of carbonyl (C=O) groups is 1. The quantitative estimate of drug-likeness (QED) is 0.596. The number of benzene rings is 1. The van der Waals surface area contributed by atoms with Gasteiger partial charge in [-0.2, -0.15) is 0 Å². The lowest BCUT2D eigenvalue weighted by Crippen LogP contribution is -2.22. The third-order valence-corrected chi connectivity index (χ3v) is 2.63. The lowest BCUT2D eigenvalue weighted by atomic mass is 10.1. The summed E-state index contributed by atoms with van der Waals surface area (Å²) in [6.45, 7) is 9.63. The van der Waals surface area contributed by atoms with E-state index < -0.39 is 5.60 Å². The van der Waals surface area contributed by atoms with Crippen LogP contribution in [0.4, 0.5) is 0 Å². The Labute approximate surface area is 121 Å². The van der Waals surface area contributed by atoms with Gasteiger partial charge in [0, 0.05) is 11.6 Å². The molecule has 1 aromatic rings. The second kappa shape index (κ2) is 7.13. The lowest BCUT2D eigenvalue weighted by molar-refractivity contribution is -0.148. The van der Waals surface area contributed by atoms with E-state index in [1.165, 1.54) is 6.08 Å². The smallest absolute Gasteiger partial charge is 0.331 e. The summed E-state index contributed by atoms with van der Waals surface area (Å²) in [6, 6.07) is 7.65. The number of hydrogen-bond donors (Lipinski definition) is 0. The predicted octanol–water partition coefficient (Wildman–Crippen LogP) is 4.22. The van der Waals surface area contributed by atoms with E-state index in [-0.39, 0.29) is 12.1 Å². The van der Waals surface area contributed by atoms with Crippen molar-refractivity contribution in [3.05, 3.63) is 35.9 Å². The second-order valence-corrected chi connectivity index (χ2v) is 5.74. The van der Waals surface area contributed by atoms with Gasteiger partial charge in [0.25, 0.3) is 0 Å². The standard InChI is InChI=1S/C17H24O3/c1-6-13(2)19-15-10-8-7-9-14(15)11-12-16(18)20-17(3,4)5/h7-13H,6H2,1-5H3/b12-11+. The molecule has 1 aromatic carbocycles. The van der Waals surface area contributed by atoms with E-state index in [1.807, 2.05) is 52.0 Å². The van der Waals surface area contributed by atoms with Crippen LogP contribution in [0, 0.1) is 0 Å². The Kier molecular flexibility index (Phi) is 5.81. The molecule has 110 valence electrons. The van der Waals surface area contributed by atoms with Gasteiger partial charge < -0.3 is 9.47 Å². The Bertz CT molecular complexity index is 469. The third-order valence-electron chi connectivity index (χ3n) is 2.63. The fourth-order valence-electron chi connectivity index (χ4n) is 1.52. The van der Waals surface area contributed by atoms with Crippen molar-refractivity contribution in [1.29, 1.82) is 0 Å². The maximum Gasteiger partial charge on any atom is 0.331 e. The van der Waals surface area contributed by atoms with Crippen molar-refractivity contribution in [2.75, 3.05) is 0 Å². The Hall–Kier alpha value is -1.77. The van der Waals surface area contributed by atoms with Crippen LogP contribution in [-0.4, -0.2) is 17.7 Å². The molecular weight excluding hydrogens is 252 g/mol. The van der Waals surface area contributed by atoms with Gasteiger partial charge in [0.2, 0.25) is 0 Å². The summed E-state index contributed by atoms with van der Waals surface area (Å²) in [7, 11) is 0. The Morgan fingerprint density at radius 1 is 1.30 bits per heavy atom. The maximum atomic E-state index is 11.7. The highest BCUT2D eigenvalue weighted by Crippen LogP contribution is 2.21. The van der Waals surface area contributed by atoms with Gasteiger partial charge >= 0.3 is 5.97 Å². The minimum absolute atomic E-state index is 0.145. The molecule has 0 aliphatic rings. The summed E-state index contributed by atoms with van der Waals surface area (Å²) in [5.74, 6) is 0.428. The number of para-hydroxylation sites is 1. The molecule has 0 N–H and O–H groups in total. The Balaban J connectivity index is 2.79. The van der Waals surface area contributed by atoms with Gasteiger partial charge in [-0.15, -0.1) is 0 Å². The van der Waals surface area contributed by atoms with Crippen LogP contribution in [0.5, 0.6) is 5.75 Å². The molecule has 0 aliphatic heterocycles. The summed E-state index contributed by atoms with van der Waals surface area (Å²) >= 11 is 0. The molecule has 0 radical (unpaired) electrons. The molecule has 20 heavy (non-hydrogen) atoms. The molecule has 1 atom stereocenters. The van der Waals surface area contributed by atoms with Crippen LogP contribution in [0.3, 0.4) is 0 Å². The zero-order chi connectivity index (χ0) is 15.2. The zero-order valence-corrected chi connectivity index (χ0v) is 13.0. The van der Waals surface area contributed by atoms with E-state index in [9.17, 15) is 4.79 Å². The Morgan fingerprint density at radius 3 is 2.55 bits per heavy atom. The summed E-state index contributed by atoms with van der Waals surface area (Å²) in [5, 5.41) is 0. The minimum Gasteiger partial charge on any atom is -0.490 e. The van der Waals surface area contributed by atoms with Crippen molar-refractivity contribution in [2.45, 2.75) is 52.7 Å². The molecule has 0 aromatic heterocycles. The topological polar surface area (TPSA) is 35.5 Å².